The van der Waals surface area contributed by atoms with Crippen LogP contribution in [0.4, 0.5) is 0 Å². The van der Waals surface area contributed by atoms with Crippen molar-refractivity contribution < 1.29 is 14.3 Å². The lowest BCUT2D eigenvalue weighted by Gasteiger charge is -2.32. The summed E-state index contributed by atoms with van der Waals surface area (Å²) in [5.41, 5.74) is 2.78. The van der Waals surface area contributed by atoms with E-state index in [9.17, 15) is 9.59 Å². The minimum Gasteiger partial charge on any atom is -0.375 e. The average Bonchev–Trinajstić information content (AvgIpc) is 3.37. The number of carbonyl (C=O) groups is 2. The topological polar surface area (TPSA) is 67.2 Å². The van der Waals surface area contributed by atoms with Crippen LogP contribution < -0.4 is 0 Å². The number of nitrogens with zero attached hydrogens (tertiary/aromatic N) is 4. The second kappa shape index (κ2) is 7.68. The van der Waals surface area contributed by atoms with Crippen molar-refractivity contribution in [2.45, 2.75) is 31.6 Å². The molecule has 0 aromatic carbocycles. The SMILES string of the molecule is COCC(=O)N1CCC(c2ccn3ncc(C(=O)N4CCCC4)c3c2)CC1. The Morgan fingerprint density at radius 1 is 1.15 bits per heavy atom. The van der Waals surface area contributed by atoms with Crippen molar-refractivity contribution in [2.24, 2.45) is 0 Å². The highest BCUT2D eigenvalue weighted by molar-refractivity contribution is 6.00. The molecule has 4 heterocycles. The normalized spacial score (nSPS) is 18.4. The number of methoxy groups -OCH3 is 1. The number of piperidine rings is 1. The van der Waals surface area contributed by atoms with Gasteiger partial charge in [-0.2, -0.15) is 5.10 Å². The van der Waals surface area contributed by atoms with Crippen LogP contribution in [-0.2, 0) is 9.53 Å². The van der Waals surface area contributed by atoms with Crippen molar-refractivity contribution >= 4 is 17.3 Å². The minimum atomic E-state index is 0.0562. The van der Waals surface area contributed by atoms with E-state index in [-0.39, 0.29) is 18.4 Å². The first-order valence-corrected chi connectivity index (χ1v) is 9.70. The number of rotatable bonds is 4. The molecule has 2 amide bonds. The predicted molar refractivity (Wildman–Crippen MR) is 101 cm³/mol. The molecule has 7 nitrogen and oxygen atoms in total. The van der Waals surface area contributed by atoms with E-state index < -0.39 is 0 Å². The summed E-state index contributed by atoms with van der Waals surface area (Å²) in [6.07, 6.45) is 7.64. The Bertz CT molecular complexity index is 833. The van der Waals surface area contributed by atoms with Gasteiger partial charge >= 0.3 is 0 Å². The lowest BCUT2D eigenvalue weighted by molar-refractivity contribution is -0.136. The number of likely N-dealkylation sites (tertiary alicyclic amines) is 2. The Morgan fingerprint density at radius 3 is 2.59 bits per heavy atom. The van der Waals surface area contributed by atoms with Gasteiger partial charge in [0.1, 0.15) is 6.61 Å². The van der Waals surface area contributed by atoms with Gasteiger partial charge in [-0.3, -0.25) is 9.59 Å². The van der Waals surface area contributed by atoms with Gasteiger partial charge < -0.3 is 14.5 Å². The van der Waals surface area contributed by atoms with Crippen LogP contribution in [0.5, 0.6) is 0 Å². The van der Waals surface area contributed by atoms with E-state index in [1.807, 2.05) is 16.0 Å². The Kier molecular flexibility index (Phi) is 5.11. The molecule has 0 aliphatic carbocycles. The molecule has 2 aromatic heterocycles. The molecule has 4 rings (SSSR count). The highest BCUT2D eigenvalue weighted by Gasteiger charge is 2.26. The maximum Gasteiger partial charge on any atom is 0.257 e. The van der Waals surface area contributed by atoms with Gasteiger partial charge in [0, 0.05) is 39.5 Å². The fraction of sp³-hybridized carbons (Fsp3) is 0.550. The number of fused-ring (bicyclic) bond motifs is 1. The maximum atomic E-state index is 12.8. The molecular weight excluding hydrogens is 344 g/mol. The largest absolute Gasteiger partial charge is 0.375 e. The summed E-state index contributed by atoms with van der Waals surface area (Å²) in [4.78, 5) is 28.6. The number of aromatic nitrogens is 2. The molecule has 2 aliphatic heterocycles. The third kappa shape index (κ3) is 3.56. The lowest BCUT2D eigenvalue weighted by atomic mass is 9.89. The number of carbonyl (C=O) groups excluding carboxylic acids is 2. The molecule has 0 radical (unpaired) electrons. The summed E-state index contributed by atoms with van der Waals surface area (Å²) in [7, 11) is 1.55. The predicted octanol–water partition coefficient (Wildman–Crippen LogP) is 1.92. The molecule has 0 saturated carbocycles. The van der Waals surface area contributed by atoms with Gasteiger partial charge in [-0.15, -0.1) is 0 Å². The molecule has 0 spiro atoms. The summed E-state index contributed by atoms with van der Waals surface area (Å²) in [5.74, 6) is 0.534. The van der Waals surface area contributed by atoms with Crippen LogP contribution >= 0.6 is 0 Å². The van der Waals surface area contributed by atoms with Crippen molar-refractivity contribution in [1.29, 1.82) is 0 Å². The summed E-state index contributed by atoms with van der Waals surface area (Å²) < 4.78 is 6.73. The van der Waals surface area contributed by atoms with Gasteiger partial charge in [-0.05, 0) is 49.3 Å². The molecule has 0 bridgehead atoms. The first-order valence-electron chi connectivity index (χ1n) is 9.70. The quantitative estimate of drug-likeness (QED) is 0.825. The van der Waals surface area contributed by atoms with E-state index in [2.05, 4.69) is 17.2 Å². The third-order valence-corrected chi connectivity index (χ3v) is 5.76. The van der Waals surface area contributed by atoms with Crippen LogP contribution in [0.1, 0.15) is 47.5 Å². The number of hydrogen-bond donors (Lipinski definition) is 0. The van der Waals surface area contributed by atoms with Gasteiger partial charge in [0.25, 0.3) is 5.91 Å². The van der Waals surface area contributed by atoms with Gasteiger partial charge in [-0.25, -0.2) is 4.52 Å². The van der Waals surface area contributed by atoms with Crippen LogP contribution in [0.2, 0.25) is 0 Å². The molecule has 2 aromatic rings. The van der Waals surface area contributed by atoms with E-state index in [0.29, 0.717) is 11.5 Å². The van der Waals surface area contributed by atoms with E-state index >= 15 is 0 Å². The van der Waals surface area contributed by atoms with Crippen LogP contribution in [0.3, 0.4) is 0 Å². The average molecular weight is 370 g/mol. The Balaban J connectivity index is 1.51. The Labute approximate surface area is 158 Å². The molecular formula is C20H26N4O3. The monoisotopic (exact) mass is 370 g/mol. The Morgan fingerprint density at radius 2 is 1.89 bits per heavy atom. The molecule has 144 valence electrons. The number of ether oxygens (including phenoxy) is 1. The van der Waals surface area contributed by atoms with Gasteiger partial charge in [0.15, 0.2) is 0 Å². The highest BCUT2D eigenvalue weighted by atomic mass is 16.5. The first-order chi connectivity index (χ1) is 13.2. The molecule has 2 saturated heterocycles. The second-order valence-corrected chi connectivity index (χ2v) is 7.44. The van der Waals surface area contributed by atoms with E-state index in [1.54, 1.807) is 17.8 Å². The van der Waals surface area contributed by atoms with Crippen molar-refractivity contribution in [3.63, 3.8) is 0 Å². The molecule has 0 unspecified atom stereocenters. The lowest BCUT2D eigenvalue weighted by Crippen LogP contribution is -2.39. The zero-order valence-corrected chi connectivity index (χ0v) is 15.8. The molecule has 0 atom stereocenters. The van der Waals surface area contributed by atoms with Crippen molar-refractivity contribution in [1.82, 2.24) is 19.4 Å². The summed E-state index contributed by atoms with van der Waals surface area (Å²) >= 11 is 0. The van der Waals surface area contributed by atoms with Crippen LogP contribution in [0.25, 0.3) is 5.52 Å². The van der Waals surface area contributed by atoms with Crippen LogP contribution in [0.15, 0.2) is 24.5 Å². The zero-order valence-electron chi connectivity index (χ0n) is 15.8. The molecule has 7 heteroatoms. The Hall–Kier alpha value is -2.41. The van der Waals surface area contributed by atoms with Crippen molar-refractivity contribution in [3.8, 4) is 0 Å². The summed E-state index contributed by atoms with van der Waals surface area (Å²) in [6.45, 7) is 3.32. The third-order valence-electron chi connectivity index (χ3n) is 5.76. The fourth-order valence-electron chi connectivity index (χ4n) is 4.18. The van der Waals surface area contributed by atoms with Gasteiger partial charge in [-0.1, -0.05) is 0 Å². The second-order valence-electron chi connectivity index (χ2n) is 7.44. The first kappa shape index (κ1) is 18.0. The summed E-state index contributed by atoms with van der Waals surface area (Å²) in [6, 6.07) is 4.19. The van der Waals surface area contributed by atoms with Crippen molar-refractivity contribution in [2.75, 3.05) is 39.9 Å². The van der Waals surface area contributed by atoms with Crippen LogP contribution in [-0.4, -0.2) is 71.1 Å². The molecule has 27 heavy (non-hydrogen) atoms. The molecule has 2 aliphatic rings. The van der Waals surface area contributed by atoms with Gasteiger partial charge in [0.05, 0.1) is 17.3 Å². The fourth-order valence-corrected chi connectivity index (χ4v) is 4.18. The van der Waals surface area contributed by atoms with E-state index in [0.717, 1.165) is 57.4 Å². The molecule has 2 fully saturated rings. The summed E-state index contributed by atoms with van der Waals surface area (Å²) in [5, 5.41) is 4.36. The zero-order chi connectivity index (χ0) is 18.8. The maximum absolute atomic E-state index is 12.8. The number of hydrogen-bond acceptors (Lipinski definition) is 4. The van der Waals surface area contributed by atoms with E-state index in [4.69, 9.17) is 4.74 Å². The number of amides is 2. The van der Waals surface area contributed by atoms with Gasteiger partial charge in [0.2, 0.25) is 5.91 Å². The van der Waals surface area contributed by atoms with E-state index in [1.165, 1.54) is 5.56 Å². The highest BCUT2D eigenvalue weighted by Crippen LogP contribution is 2.29. The smallest absolute Gasteiger partial charge is 0.257 e. The molecule has 0 N–H and O–H groups in total. The minimum absolute atomic E-state index is 0.0562. The van der Waals surface area contributed by atoms with Crippen molar-refractivity contribution in [3.05, 3.63) is 35.7 Å². The van der Waals surface area contributed by atoms with Crippen LogP contribution in [0, 0.1) is 0 Å². The standard InChI is InChI=1S/C20H26N4O3/c1-27-14-19(25)22-9-4-15(5-10-22)16-6-11-24-18(12-16)17(13-21-24)20(26)23-7-2-3-8-23/h6,11-13,15H,2-5,7-10,14H2,1H3. The number of pyridine rings is 1.